The Morgan fingerprint density at radius 1 is 1.00 bits per heavy atom. The Bertz CT molecular complexity index is 1420. The fraction of sp³-hybridized carbons (Fsp3) is 0.0952. The van der Waals surface area contributed by atoms with Crippen LogP contribution in [0.25, 0.3) is 22.3 Å². The molecule has 0 aliphatic carbocycles. The Kier molecular flexibility index (Phi) is 5.43. The van der Waals surface area contributed by atoms with E-state index in [0.717, 1.165) is 24.3 Å². The normalized spacial score (nSPS) is 11.6. The Morgan fingerprint density at radius 3 is 2.31 bits per heavy atom. The topological polar surface area (TPSA) is 111 Å². The lowest BCUT2D eigenvalue weighted by molar-refractivity contribution is 0.589. The molecule has 0 unspecified atom stereocenters. The van der Waals surface area contributed by atoms with Gasteiger partial charge in [-0.05, 0) is 48.4 Å². The van der Waals surface area contributed by atoms with Crippen molar-refractivity contribution in [3.8, 4) is 11.3 Å². The van der Waals surface area contributed by atoms with Gasteiger partial charge in [-0.15, -0.1) is 0 Å². The molecule has 0 atom stereocenters. The van der Waals surface area contributed by atoms with E-state index in [4.69, 9.17) is 5.73 Å². The van der Waals surface area contributed by atoms with Gasteiger partial charge in [0.25, 0.3) is 0 Å². The molecule has 0 fully saturated rings. The summed E-state index contributed by atoms with van der Waals surface area (Å²) in [5.41, 5.74) is 6.51. The second-order valence-electron chi connectivity index (χ2n) is 7.09. The van der Waals surface area contributed by atoms with Crippen molar-refractivity contribution in [3.63, 3.8) is 0 Å². The van der Waals surface area contributed by atoms with Gasteiger partial charge in [-0.1, -0.05) is 12.1 Å². The van der Waals surface area contributed by atoms with Crippen molar-refractivity contribution in [2.24, 2.45) is 0 Å². The maximum Gasteiger partial charge on any atom is 0.236 e. The molecule has 0 spiro atoms. The number of benzene rings is 2. The van der Waals surface area contributed by atoms with Crippen molar-refractivity contribution < 1.29 is 21.6 Å². The molecular weight excluding hydrogens is 443 g/mol. The molecule has 0 aliphatic heterocycles. The van der Waals surface area contributed by atoms with Gasteiger partial charge in [-0.2, -0.15) is 0 Å². The smallest absolute Gasteiger partial charge is 0.236 e. The van der Waals surface area contributed by atoms with Crippen LogP contribution >= 0.6 is 0 Å². The number of halogens is 3. The van der Waals surface area contributed by atoms with Gasteiger partial charge in [0.15, 0.2) is 0 Å². The molecular formula is C21H16F3N5O2S. The molecule has 32 heavy (non-hydrogen) atoms. The lowest BCUT2D eigenvalue weighted by atomic mass is 10.1. The highest BCUT2D eigenvalue weighted by Gasteiger charge is 2.19. The SMILES string of the molecule is Cc1cc(-c2c(F)cc(NS(=O)(=O)Cc3ccc(F)cc3)cc2F)nc2cnc(N)nc12. The monoisotopic (exact) mass is 459 g/mol. The Balaban J connectivity index is 1.66. The summed E-state index contributed by atoms with van der Waals surface area (Å²) >= 11 is 0. The molecule has 0 bridgehead atoms. The molecule has 4 aromatic rings. The molecule has 0 radical (unpaired) electrons. The van der Waals surface area contributed by atoms with Crippen LogP contribution in [-0.2, 0) is 15.8 Å². The Hall–Kier alpha value is -3.73. The summed E-state index contributed by atoms with van der Waals surface area (Å²) in [4.78, 5) is 12.1. The predicted octanol–water partition coefficient (Wildman–Crippen LogP) is 3.94. The predicted molar refractivity (Wildman–Crippen MR) is 114 cm³/mol. The number of anilines is 2. The second kappa shape index (κ2) is 8.08. The average Bonchev–Trinajstić information content (AvgIpc) is 2.69. The third kappa shape index (κ3) is 4.47. The molecule has 0 saturated heterocycles. The second-order valence-corrected chi connectivity index (χ2v) is 8.81. The van der Waals surface area contributed by atoms with Gasteiger partial charge < -0.3 is 5.73 Å². The average molecular weight is 459 g/mol. The van der Waals surface area contributed by atoms with E-state index < -0.39 is 38.8 Å². The van der Waals surface area contributed by atoms with E-state index in [1.807, 2.05) is 0 Å². The van der Waals surface area contributed by atoms with Gasteiger partial charge >= 0.3 is 0 Å². The highest BCUT2D eigenvalue weighted by molar-refractivity contribution is 7.91. The van der Waals surface area contributed by atoms with Gasteiger partial charge in [-0.3, -0.25) is 4.72 Å². The van der Waals surface area contributed by atoms with E-state index in [2.05, 4.69) is 19.7 Å². The van der Waals surface area contributed by atoms with Crippen molar-refractivity contribution in [3.05, 3.63) is 77.2 Å². The van der Waals surface area contributed by atoms with E-state index in [1.165, 1.54) is 24.4 Å². The minimum Gasteiger partial charge on any atom is -0.368 e. The number of rotatable bonds is 5. The molecule has 7 nitrogen and oxygen atoms in total. The molecule has 0 saturated carbocycles. The van der Waals surface area contributed by atoms with Crippen LogP contribution in [-0.4, -0.2) is 23.4 Å². The number of pyridine rings is 1. The summed E-state index contributed by atoms with van der Waals surface area (Å²) in [5.74, 6) is -2.97. The van der Waals surface area contributed by atoms with Crippen LogP contribution in [0, 0.1) is 24.4 Å². The minimum atomic E-state index is -4.00. The van der Waals surface area contributed by atoms with E-state index in [1.54, 1.807) is 6.92 Å². The number of nitrogens with one attached hydrogen (secondary N) is 1. The fourth-order valence-corrected chi connectivity index (χ4v) is 4.40. The zero-order valence-corrected chi connectivity index (χ0v) is 17.4. The van der Waals surface area contributed by atoms with Crippen LogP contribution in [0.2, 0.25) is 0 Å². The Labute approximate surface area is 181 Å². The van der Waals surface area contributed by atoms with Crippen molar-refractivity contribution in [1.29, 1.82) is 0 Å². The van der Waals surface area contributed by atoms with Crippen molar-refractivity contribution in [2.45, 2.75) is 12.7 Å². The van der Waals surface area contributed by atoms with Gasteiger partial charge in [0.05, 0.1) is 34.4 Å². The maximum absolute atomic E-state index is 14.8. The fourth-order valence-electron chi connectivity index (χ4n) is 3.22. The third-order valence-corrected chi connectivity index (χ3v) is 5.86. The van der Waals surface area contributed by atoms with Crippen LogP contribution in [0.5, 0.6) is 0 Å². The Morgan fingerprint density at radius 2 is 1.66 bits per heavy atom. The molecule has 0 aliphatic rings. The highest BCUT2D eigenvalue weighted by atomic mass is 32.2. The lowest BCUT2D eigenvalue weighted by Crippen LogP contribution is -2.15. The molecule has 0 amide bonds. The van der Waals surface area contributed by atoms with Gasteiger partial charge in [0, 0.05) is 0 Å². The largest absolute Gasteiger partial charge is 0.368 e. The number of sulfonamides is 1. The third-order valence-electron chi connectivity index (χ3n) is 4.60. The van der Waals surface area contributed by atoms with Crippen LogP contribution in [0.15, 0.2) is 48.7 Å². The summed E-state index contributed by atoms with van der Waals surface area (Å²) in [6.07, 6.45) is 1.35. The number of nitrogen functional groups attached to an aromatic ring is 1. The summed E-state index contributed by atoms with van der Waals surface area (Å²) in [7, 11) is -4.00. The van der Waals surface area contributed by atoms with Crippen LogP contribution in [0.4, 0.5) is 24.8 Å². The molecule has 2 heterocycles. The van der Waals surface area contributed by atoms with Crippen LogP contribution < -0.4 is 10.5 Å². The first kappa shape index (κ1) is 21.5. The summed E-state index contributed by atoms with van der Waals surface area (Å²) in [6.45, 7) is 1.69. The van der Waals surface area contributed by atoms with E-state index in [-0.39, 0.29) is 17.3 Å². The minimum absolute atomic E-state index is 0.000842. The number of nitrogens with two attached hydrogens (primary N) is 1. The lowest BCUT2D eigenvalue weighted by Gasteiger charge is -2.12. The quantitative estimate of drug-likeness (QED) is 0.468. The zero-order chi connectivity index (χ0) is 23.0. The number of nitrogens with zero attached hydrogens (tertiary/aromatic N) is 3. The van der Waals surface area contributed by atoms with Crippen molar-refractivity contribution in [2.75, 3.05) is 10.5 Å². The number of hydrogen-bond donors (Lipinski definition) is 2. The van der Waals surface area contributed by atoms with E-state index in [9.17, 15) is 21.6 Å². The molecule has 2 aromatic carbocycles. The number of hydrogen-bond acceptors (Lipinski definition) is 6. The summed E-state index contributed by atoms with van der Waals surface area (Å²) in [6, 6.07) is 8.04. The standard InChI is InChI=1S/C21H16F3N5O2S/c1-11-6-17(27-18-9-26-21(25)28-20(11)18)19-15(23)7-14(8-16(19)24)29-32(30,31)10-12-2-4-13(22)5-3-12/h2-9,29H,10H2,1H3,(H2,25,26,28). The van der Waals surface area contributed by atoms with Crippen molar-refractivity contribution in [1.82, 2.24) is 15.0 Å². The number of aryl methyl sites for hydroxylation is 1. The van der Waals surface area contributed by atoms with Gasteiger partial charge in [-0.25, -0.2) is 36.5 Å². The maximum atomic E-state index is 14.8. The first-order chi connectivity index (χ1) is 15.1. The molecule has 3 N–H and O–H groups in total. The summed E-state index contributed by atoms with van der Waals surface area (Å²) < 4.78 is 69.5. The zero-order valence-electron chi connectivity index (χ0n) is 16.6. The molecule has 164 valence electrons. The van der Waals surface area contributed by atoms with Gasteiger partial charge in [0.2, 0.25) is 16.0 Å². The summed E-state index contributed by atoms with van der Waals surface area (Å²) in [5, 5.41) is 0. The van der Waals surface area contributed by atoms with E-state index >= 15 is 0 Å². The molecule has 11 heteroatoms. The highest BCUT2D eigenvalue weighted by Crippen LogP contribution is 2.30. The van der Waals surface area contributed by atoms with Crippen LogP contribution in [0.1, 0.15) is 11.1 Å². The number of fused-ring (bicyclic) bond motifs is 1. The first-order valence-corrected chi connectivity index (χ1v) is 10.9. The van der Waals surface area contributed by atoms with Gasteiger partial charge in [0.1, 0.15) is 23.0 Å². The first-order valence-electron chi connectivity index (χ1n) is 9.25. The van der Waals surface area contributed by atoms with E-state index in [0.29, 0.717) is 22.2 Å². The number of aromatic nitrogens is 3. The van der Waals surface area contributed by atoms with Crippen molar-refractivity contribution >= 4 is 32.7 Å². The molecule has 2 aromatic heterocycles. The molecule has 4 rings (SSSR count). The van der Waals surface area contributed by atoms with Crippen LogP contribution in [0.3, 0.4) is 0 Å².